The highest BCUT2D eigenvalue weighted by molar-refractivity contribution is 6.08. The third-order valence-corrected chi connectivity index (χ3v) is 3.59. The van der Waals surface area contributed by atoms with Crippen molar-refractivity contribution in [3.63, 3.8) is 0 Å². The molecule has 5 nitrogen and oxygen atoms in total. The van der Waals surface area contributed by atoms with Crippen molar-refractivity contribution in [1.29, 1.82) is 0 Å². The summed E-state index contributed by atoms with van der Waals surface area (Å²) in [7, 11) is 0. The van der Waals surface area contributed by atoms with Crippen LogP contribution in [0.15, 0.2) is 24.3 Å². The van der Waals surface area contributed by atoms with Crippen molar-refractivity contribution in [2.45, 2.75) is 18.1 Å². The molecule has 0 radical (unpaired) electrons. The molecule has 8 heteroatoms. The number of imide groups is 1. The highest BCUT2D eigenvalue weighted by Gasteiger charge is 2.56. The third-order valence-electron chi connectivity index (χ3n) is 3.59. The lowest BCUT2D eigenvalue weighted by molar-refractivity contribution is -0.155. The summed E-state index contributed by atoms with van der Waals surface area (Å²) in [5.74, 6) is -0.494. The average Bonchev–Trinajstić information content (AvgIpc) is 2.63. The summed E-state index contributed by atoms with van der Waals surface area (Å²) >= 11 is 0. The number of amides is 3. The first-order valence-corrected chi connectivity index (χ1v) is 6.27. The Bertz CT molecular complexity index is 617. The smallest absolute Gasteiger partial charge is 0.406 e. The van der Waals surface area contributed by atoms with Crippen LogP contribution in [0.1, 0.15) is 12.0 Å². The highest BCUT2D eigenvalue weighted by atomic mass is 19.4. The van der Waals surface area contributed by atoms with Gasteiger partial charge in [0.2, 0.25) is 0 Å². The second kappa shape index (κ2) is 4.37. The molecule has 0 aromatic heterocycles. The number of hydrogen-bond donors (Lipinski definition) is 1. The normalized spacial score (nSPS) is 24.8. The molecule has 1 N–H and O–H groups in total. The van der Waals surface area contributed by atoms with Crippen LogP contribution < -0.4 is 10.1 Å². The number of rotatable bonds is 1. The molecular formula is C13H11F3N2O3. The van der Waals surface area contributed by atoms with Crippen LogP contribution >= 0.6 is 0 Å². The number of nitrogens with one attached hydrogen (secondary N) is 1. The number of para-hydroxylation sites is 1. The van der Waals surface area contributed by atoms with Gasteiger partial charge in [-0.15, -0.1) is 0 Å². The zero-order valence-electron chi connectivity index (χ0n) is 10.7. The molecule has 2 aliphatic rings. The van der Waals surface area contributed by atoms with Crippen molar-refractivity contribution >= 4 is 11.9 Å². The number of carbonyl (C=O) groups excluding carboxylic acids is 2. The maximum atomic E-state index is 12.5. The zero-order chi connectivity index (χ0) is 15.3. The minimum absolute atomic E-state index is 0.100. The number of benzene rings is 1. The van der Waals surface area contributed by atoms with Gasteiger partial charge in [-0.05, 0) is 6.07 Å². The highest BCUT2D eigenvalue weighted by Crippen LogP contribution is 2.41. The van der Waals surface area contributed by atoms with Gasteiger partial charge in [0.05, 0.1) is 6.61 Å². The predicted molar refractivity (Wildman–Crippen MR) is 64.5 cm³/mol. The van der Waals surface area contributed by atoms with Gasteiger partial charge in [-0.25, -0.2) is 4.79 Å². The lowest BCUT2D eigenvalue weighted by atomic mass is 9.84. The Morgan fingerprint density at radius 2 is 2.00 bits per heavy atom. The summed E-state index contributed by atoms with van der Waals surface area (Å²) in [6, 6.07) is 5.48. The number of carbonyl (C=O) groups is 2. The number of halogens is 3. The molecule has 0 aliphatic carbocycles. The second-order valence-electron chi connectivity index (χ2n) is 4.94. The predicted octanol–water partition coefficient (Wildman–Crippen LogP) is 1.78. The van der Waals surface area contributed by atoms with Gasteiger partial charge in [0.1, 0.15) is 12.3 Å². The molecule has 0 bridgehead atoms. The minimum atomic E-state index is -4.64. The molecule has 1 spiro atoms. The summed E-state index contributed by atoms with van der Waals surface area (Å²) in [4.78, 5) is 24.4. The summed E-state index contributed by atoms with van der Waals surface area (Å²) in [5, 5.41) is 2.41. The topological polar surface area (TPSA) is 58.6 Å². The fourth-order valence-electron chi connectivity index (χ4n) is 2.69. The summed E-state index contributed by atoms with van der Waals surface area (Å²) in [6.07, 6.45) is -4.54. The molecule has 0 saturated carbocycles. The number of ether oxygens (including phenoxy) is 1. The van der Waals surface area contributed by atoms with Gasteiger partial charge in [-0.1, -0.05) is 18.2 Å². The second-order valence-corrected chi connectivity index (χ2v) is 4.94. The van der Waals surface area contributed by atoms with E-state index >= 15 is 0 Å². The largest absolute Gasteiger partial charge is 0.493 e. The van der Waals surface area contributed by atoms with Gasteiger partial charge >= 0.3 is 12.2 Å². The maximum absolute atomic E-state index is 12.5. The summed E-state index contributed by atoms with van der Waals surface area (Å²) in [5.41, 5.74) is -1.07. The van der Waals surface area contributed by atoms with Crippen LogP contribution in [0.5, 0.6) is 5.75 Å². The van der Waals surface area contributed by atoms with Crippen molar-refractivity contribution in [2.24, 2.45) is 0 Å². The van der Waals surface area contributed by atoms with Gasteiger partial charge in [-0.2, -0.15) is 13.2 Å². The summed E-state index contributed by atoms with van der Waals surface area (Å²) in [6.45, 7) is -1.45. The first-order chi connectivity index (χ1) is 9.83. The van der Waals surface area contributed by atoms with E-state index in [1.807, 2.05) is 0 Å². The van der Waals surface area contributed by atoms with Crippen molar-refractivity contribution in [3.8, 4) is 5.75 Å². The Morgan fingerprint density at radius 3 is 2.71 bits per heavy atom. The van der Waals surface area contributed by atoms with Crippen LogP contribution in [0.3, 0.4) is 0 Å². The van der Waals surface area contributed by atoms with Crippen molar-refractivity contribution in [1.82, 2.24) is 10.2 Å². The van der Waals surface area contributed by atoms with E-state index in [0.717, 1.165) is 0 Å². The molecular weight excluding hydrogens is 289 g/mol. The molecule has 3 rings (SSSR count). The van der Waals surface area contributed by atoms with Gasteiger partial charge in [-0.3, -0.25) is 9.69 Å². The number of alkyl halides is 3. The molecule has 1 unspecified atom stereocenters. The van der Waals surface area contributed by atoms with Crippen LogP contribution in [-0.2, 0) is 10.3 Å². The standard InChI is InChI=1S/C13H11F3N2O3/c14-13(15,16)7-18-10(19)12(17-11(18)20)5-6-21-9-4-2-1-3-8(9)12/h1-4H,5-7H2,(H,17,20). The number of urea groups is 1. The van der Waals surface area contributed by atoms with Gasteiger partial charge < -0.3 is 10.1 Å². The van der Waals surface area contributed by atoms with Crippen molar-refractivity contribution in [2.75, 3.05) is 13.2 Å². The minimum Gasteiger partial charge on any atom is -0.493 e. The van der Waals surface area contributed by atoms with E-state index in [-0.39, 0.29) is 17.9 Å². The Hall–Kier alpha value is -2.25. The average molecular weight is 300 g/mol. The molecule has 2 heterocycles. The van der Waals surface area contributed by atoms with Crippen LogP contribution in [-0.4, -0.2) is 36.2 Å². The van der Waals surface area contributed by atoms with E-state index in [4.69, 9.17) is 4.74 Å². The first-order valence-electron chi connectivity index (χ1n) is 6.27. The van der Waals surface area contributed by atoms with E-state index in [9.17, 15) is 22.8 Å². The van der Waals surface area contributed by atoms with Crippen molar-refractivity contribution in [3.05, 3.63) is 29.8 Å². The molecule has 2 aliphatic heterocycles. The number of nitrogens with zero attached hydrogens (tertiary/aromatic N) is 1. The lowest BCUT2D eigenvalue weighted by Gasteiger charge is -2.33. The SMILES string of the molecule is O=C1NC2(CCOc3ccccc32)C(=O)N1CC(F)(F)F. The fraction of sp³-hybridized carbons (Fsp3) is 0.385. The van der Waals surface area contributed by atoms with E-state index in [2.05, 4.69) is 5.32 Å². The third kappa shape index (κ3) is 2.10. The molecule has 21 heavy (non-hydrogen) atoms. The molecule has 1 saturated heterocycles. The molecule has 112 valence electrons. The van der Waals surface area contributed by atoms with E-state index in [0.29, 0.717) is 11.3 Å². The molecule has 1 atom stereocenters. The van der Waals surface area contributed by atoms with Gasteiger partial charge in [0, 0.05) is 12.0 Å². The quantitative estimate of drug-likeness (QED) is 0.804. The van der Waals surface area contributed by atoms with Gasteiger partial charge in [0.25, 0.3) is 5.91 Å². The van der Waals surface area contributed by atoms with Crippen LogP contribution in [0.25, 0.3) is 0 Å². The lowest BCUT2D eigenvalue weighted by Crippen LogP contribution is -2.48. The number of hydrogen-bond acceptors (Lipinski definition) is 3. The zero-order valence-corrected chi connectivity index (χ0v) is 10.7. The van der Waals surface area contributed by atoms with E-state index in [1.54, 1.807) is 24.3 Å². The van der Waals surface area contributed by atoms with Crippen LogP contribution in [0.2, 0.25) is 0 Å². The first kappa shape index (κ1) is 13.7. The Kier molecular flexibility index (Phi) is 2.86. The van der Waals surface area contributed by atoms with E-state index in [1.165, 1.54) is 0 Å². The molecule has 1 aromatic carbocycles. The van der Waals surface area contributed by atoms with Crippen LogP contribution in [0.4, 0.5) is 18.0 Å². The fourth-order valence-corrected chi connectivity index (χ4v) is 2.69. The summed E-state index contributed by atoms with van der Waals surface area (Å²) < 4.78 is 42.9. The molecule has 1 aromatic rings. The Morgan fingerprint density at radius 1 is 1.29 bits per heavy atom. The monoisotopic (exact) mass is 300 g/mol. The van der Waals surface area contributed by atoms with E-state index < -0.39 is 30.2 Å². The maximum Gasteiger partial charge on any atom is 0.406 e. The van der Waals surface area contributed by atoms with Crippen LogP contribution in [0, 0.1) is 0 Å². The number of fused-ring (bicyclic) bond motifs is 2. The molecule has 1 fully saturated rings. The van der Waals surface area contributed by atoms with Crippen molar-refractivity contribution < 1.29 is 27.5 Å². The Labute approximate surface area is 117 Å². The Balaban J connectivity index is 2.01. The van der Waals surface area contributed by atoms with Gasteiger partial charge in [0.15, 0.2) is 5.54 Å². The molecule has 3 amide bonds.